The summed E-state index contributed by atoms with van der Waals surface area (Å²) in [4.78, 5) is 0.525. The van der Waals surface area contributed by atoms with Gasteiger partial charge in [0.2, 0.25) is 9.84 Å². The fourth-order valence-corrected chi connectivity index (χ4v) is 3.88. The highest BCUT2D eigenvalue weighted by molar-refractivity contribution is 7.95. The number of rotatable bonds is 4. The molecule has 20 heavy (non-hydrogen) atoms. The molecule has 0 fully saturated rings. The molecule has 0 unspecified atom stereocenters. The van der Waals surface area contributed by atoms with Gasteiger partial charge in [0, 0.05) is 0 Å². The van der Waals surface area contributed by atoms with Crippen molar-refractivity contribution >= 4 is 9.84 Å². The lowest BCUT2D eigenvalue weighted by molar-refractivity contribution is -0.0148. The van der Waals surface area contributed by atoms with Crippen molar-refractivity contribution in [1.29, 1.82) is 0 Å². The topological polar surface area (TPSA) is 63.6 Å². The second-order valence-corrected chi connectivity index (χ2v) is 7.07. The summed E-state index contributed by atoms with van der Waals surface area (Å²) in [7, 11) is -3.56. The van der Waals surface area contributed by atoms with Crippen LogP contribution in [-0.2, 0) is 14.6 Å². The molecule has 0 bridgehead atoms. The fraction of sp³-hybridized carbons (Fsp3) is 0.467. The van der Waals surface area contributed by atoms with Crippen LogP contribution in [0.3, 0.4) is 0 Å². The average Bonchev–Trinajstić information content (AvgIpc) is 2.84. The zero-order chi connectivity index (χ0) is 14.9. The summed E-state index contributed by atoms with van der Waals surface area (Å²) in [5.74, 6) is 0. The Bertz CT molecular complexity index is 599. The number of aliphatic hydroxyl groups excluding tert-OH is 1. The molecule has 1 N–H and O–H groups in total. The van der Waals surface area contributed by atoms with E-state index in [2.05, 4.69) is 0 Å². The normalized spacial score (nSPS) is 24.5. The zero-order valence-electron chi connectivity index (χ0n) is 11.9. The van der Waals surface area contributed by atoms with Gasteiger partial charge in [-0.25, -0.2) is 8.42 Å². The van der Waals surface area contributed by atoms with E-state index in [4.69, 9.17) is 4.74 Å². The molecule has 2 rings (SSSR count). The molecule has 0 aliphatic carbocycles. The number of benzene rings is 1. The van der Waals surface area contributed by atoms with E-state index in [1.165, 1.54) is 6.08 Å². The third-order valence-electron chi connectivity index (χ3n) is 3.46. The second kappa shape index (κ2) is 5.68. The van der Waals surface area contributed by atoms with Crippen LogP contribution in [0.5, 0.6) is 0 Å². The highest BCUT2D eigenvalue weighted by Gasteiger charge is 2.36. The SMILES string of the molecule is CC[C@H]1O[C@@H]([C@H](C)O)C=C1S(=O)(=O)c1ccc(C)cc1. The summed E-state index contributed by atoms with van der Waals surface area (Å²) in [6.45, 7) is 5.37. The quantitative estimate of drug-likeness (QED) is 0.925. The van der Waals surface area contributed by atoms with E-state index in [-0.39, 0.29) is 9.80 Å². The predicted molar refractivity (Wildman–Crippen MR) is 77.1 cm³/mol. The van der Waals surface area contributed by atoms with Crippen molar-refractivity contribution in [3.63, 3.8) is 0 Å². The minimum atomic E-state index is -3.56. The lowest BCUT2D eigenvalue weighted by atomic mass is 10.2. The molecule has 5 heteroatoms. The number of ether oxygens (including phenoxy) is 1. The summed E-state index contributed by atoms with van der Waals surface area (Å²) in [6, 6.07) is 6.76. The summed E-state index contributed by atoms with van der Waals surface area (Å²) in [5, 5.41) is 9.59. The van der Waals surface area contributed by atoms with Gasteiger partial charge in [0.05, 0.1) is 22.0 Å². The van der Waals surface area contributed by atoms with Crippen LogP contribution in [0.2, 0.25) is 0 Å². The molecule has 1 aliphatic heterocycles. The van der Waals surface area contributed by atoms with E-state index >= 15 is 0 Å². The first-order chi connectivity index (χ1) is 9.36. The molecule has 1 aliphatic rings. The maximum Gasteiger partial charge on any atom is 0.205 e. The van der Waals surface area contributed by atoms with Crippen molar-refractivity contribution in [2.24, 2.45) is 0 Å². The Balaban J connectivity index is 2.42. The van der Waals surface area contributed by atoms with Crippen LogP contribution >= 0.6 is 0 Å². The Kier molecular flexibility index (Phi) is 4.32. The van der Waals surface area contributed by atoms with E-state index in [1.54, 1.807) is 31.2 Å². The van der Waals surface area contributed by atoms with Crippen molar-refractivity contribution in [2.45, 2.75) is 50.4 Å². The van der Waals surface area contributed by atoms with Crippen LogP contribution in [0.4, 0.5) is 0 Å². The van der Waals surface area contributed by atoms with Gasteiger partial charge in [0.15, 0.2) is 0 Å². The number of aryl methyl sites for hydroxylation is 1. The summed E-state index contributed by atoms with van der Waals surface area (Å²) in [5.41, 5.74) is 1.01. The van der Waals surface area contributed by atoms with E-state index in [0.717, 1.165) is 5.56 Å². The highest BCUT2D eigenvalue weighted by Crippen LogP contribution is 2.32. The van der Waals surface area contributed by atoms with Gasteiger partial charge in [-0.3, -0.25) is 0 Å². The Morgan fingerprint density at radius 2 is 1.90 bits per heavy atom. The molecule has 110 valence electrons. The van der Waals surface area contributed by atoms with Crippen molar-refractivity contribution in [3.8, 4) is 0 Å². The highest BCUT2D eigenvalue weighted by atomic mass is 32.2. The number of aliphatic hydroxyl groups is 1. The van der Waals surface area contributed by atoms with Crippen LogP contribution < -0.4 is 0 Å². The molecule has 4 nitrogen and oxygen atoms in total. The smallest absolute Gasteiger partial charge is 0.205 e. The second-order valence-electron chi connectivity index (χ2n) is 5.12. The third kappa shape index (κ3) is 2.80. The molecule has 1 heterocycles. The first-order valence-electron chi connectivity index (χ1n) is 6.73. The van der Waals surface area contributed by atoms with E-state index in [9.17, 15) is 13.5 Å². The van der Waals surface area contributed by atoms with E-state index < -0.39 is 28.1 Å². The van der Waals surface area contributed by atoms with Crippen molar-refractivity contribution in [3.05, 3.63) is 40.8 Å². The lowest BCUT2D eigenvalue weighted by Crippen LogP contribution is -2.24. The molecule has 1 aromatic carbocycles. The number of hydrogen-bond acceptors (Lipinski definition) is 4. The first-order valence-corrected chi connectivity index (χ1v) is 8.21. The Morgan fingerprint density at radius 1 is 1.30 bits per heavy atom. The minimum Gasteiger partial charge on any atom is -0.390 e. The third-order valence-corrected chi connectivity index (χ3v) is 5.37. The van der Waals surface area contributed by atoms with Gasteiger partial charge in [-0.05, 0) is 38.5 Å². The number of sulfone groups is 1. The van der Waals surface area contributed by atoms with Gasteiger partial charge in [-0.2, -0.15) is 0 Å². The molecule has 0 aromatic heterocycles. The zero-order valence-corrected chi connectivity index (χ0v) is 12.7. The van der Waals surface area contributed by atoms with Crippen LogP contribution in [0.15, 0.2) is 40.1 Å². The number of hydrogen-bond donors (Lipinski definition) is 1. The van der Waals surface area contributed by atoms with E-state index in [1.807, 2.05) is 13.8 Å². The van der Waals surface area contributed by atoms with Crippen LogP contribution in [0.1, 0.15) is 25.8 Å². The van der Waals surface area contributed by atoms with E-state index in [0.29, 0.717) is 6.42 Å². The molecule has 3 atom stereocenters. The van der Waals surface area contributed by atoms with Crippen molar-refractivity contribution in [1.82, 2.24) is 0 Å². The maximum atomic E-state index is 12.7. The van der Waals surface area contributed by atoms with Gasteiger partial charge in [-0.15, -0.1) is 0 Å². The first kappa shape index (κ1) is 15.2. The maximum absolute atomic E-state index is 12.7. The predicted octanol–water partition coefficient (Wildman–Crippen LogP) is 2.21. The molecule has 0 amide bonds. The van der Waals surface area contributed by atoms with Crippen molar-refractivity contribution in [2.75, 3.05) is 0 Å². The summed E-state index contributed by atoms with van der Waals surface area (Å²) < 4.78 is 30.9. The van der Waals surface area contributed by atoms with Crippen LogP contribution in [0.25, 0.3) is 0 Å². The van der Waals surface area contributed by atoms with Gasteiger partial charge < -0.3 is 9.84 Å². The van der Waals surface area contributed by atoms with Gasteiger partial charge in [-0.1, -0.05) is 24.6 Å². The standard InChI is InChI=1S/C15H20O4S/c1-4-13-15(9-14(19-13)11(3)16)20(17,18)12-7-5-10(2)6-8-12/h5-9,11,13-14,16H,4H2,1-3H3/t11-,13+,14+/m0/s1. The lowest BCUT2D eigenvalue weighted by Gasteiger charge is -2.16. The van der Waals surface area contributed by atoms with Crippen LogP contribution in [0, 0.1) is 6.92 Å². The Morgan fingerprint density at radius 3 is 2.40 bits per heavy atom. The van der Waals surface area contributed by atoms with Gasteiger partial charge in [0.1, 0.15) is 6.10 Å². The molecule has 1 aromatic rings. The monoisotopic (exact) mass is 296 g/mol. The minimum absolute atomic E-state index is 0.259. The van der Waals surface area contributed by atoms with Crippen molar-refractivity contribution < 1.29 is 18.3 Å². The van der Waals surface area contributed by atoms with Gasteiger partial charge >= 0.3 is 0 Å². The fourth-order valence-electron chi connectivity index (χ4n) is 2.23. The molecule has 0 spiro atoms. The average molecular weight is 296 g/mol. The molecule has 0 radical (unpaired) electrons. The molecule has 0 saturated heterocycles. The Labute approximate surface area is 120 Å². The summed E-state index contributed by atoms with van der Waals surface area (Å²) >= 11 is 0. The molecular weight excluding hydrogens is 276 g/mol. The summed E-state index contributed by atoms with van der Waals surface area (Å²) in [6.07, 6.45) is 0.319. The molecular formula is C15H20O4S. The van der Waals surface area contributed by atoms with Gasteiger partial charge in [0.25, 0.3) is 0 Å². The van der Waals surface area contributed by atoms with Crippen LogP contribution in [-0.4, -0.2) is 31.8 Å². The Hall–Kier alpha value is -1.17. The largest absolute Gasteiger partial charge is 0.390 e. The molecule has 0 saturated carbocycles.